The minimum Gasteiger partial charge on any atom is -0.481 e. The molecule has 5 nitrogen and oxygen atoms in total. The van der Waals surface area contributed by atoms with Crippen LogP contribution >= 0.6 is 11.6 Å². The Morgan fingerprint density at radius 2 is 2.10 bits per heavy atom. The van der Waals surface area contributed by atoms with Gasteiger partial charge in [-0.15, -0.1) is 0 Å². The van der Waals surface area contributed by atoms with E-state index in [1.807, 2.05) is 0 Å². The highest BCUT2D eigenvalue weighted by Gasteiger charge is 2.39. The van der Waals surface area contributed by atoms with Gasteiger partial charge in [0.15, 0.2) is 0 Å². The molecule has 3 N–H and O–H groups in total. The van der Waals surface area contributed by atoms with Crippen molar-refractivity contribution in [1.29, 1.82) is 0 Å². The second-order valence-corrected chi connectivity index (χ2v) is 5.68. The van der Waals surface area contributed by atoms with Crippen molar-refractivity contribution in [3.8, 4) is 0 Å². The standard InChI is InChI=1S/C14H17ClN2O3/c15-10-3-1-4-11(7-10)17-13(20)16-9-14(5-2-6-14)8-12(18)19/h1,3-4,7H,2,5-6,8-9H2,(H,18,19)(H2,16,17,20). The number of halogens is 1. The zero-order valence-corrected chi connectivity index (χ0v) is 11.7. The van der Waals surface area contributed by atoms with Crippen LogP contribution < -0.4 is 10.6 Å². The highest BCUT2D eigenvalue weighted by atomic mass is 35.5. The minimum atomic E-state index is -0.818. The van der Waals surface area contributed by atoms with Crippen LogP contribution in [0.2, 0.25) is 5.02 Å². The molecule has 0 aromatic heterocycles. The van der Waals surface area contributed by atoms with E-state index in [-0.39, 0.29) is 17.9 Å². The van der Waals surface area contributed by atoms with Gasteiger partial charge in [0.05, 0.1) is 6.42 Å². The van der Waals surface area contributed by atoms with Crippen LogP contribution in [0.25, 0.3) is 0 Å². The highest BCUT2D eigenvalue weighted by molar-refractivity contribution is 6.30. The molecule has 0 atom stereocenters. The lowest BCUT2D eigenvalue weighted by molar-refractivity contribution is -0.141. The maximum absolute atomic E-state index is 11.8. The molecule has 0 spiro atoms. The zero-order valence-electron chi connectivity index (χ0n) is 11.0. The lowest BCUT2D eigenvalue weighted by Gasteiger charge is -2.40. The third-order valence-electron chi connectivity index (χ3n) is 3.65. The second kappa shape index (κ2) is 6.13. The van der Waals surface area contributed by atoms with Gasteiger partial charge in [0.25, 0.3) is 0 Å². The van der Waals surface area contributed by atoms with Crippen molar-refractivity contribution < 1.29 is 14.7 Å². The van der Waals surface area contributed by atoms with E-state index in [0.29, 0.717) is 17.3 Å². The lowest BCUT2D eigenvalue weighted by Crippen LogP contribution is -2.44. The Labute approximate surface area is 122 Å². The Hall–Kier alpha value is -1.75. The average molecular weight is 297 g/mol. The van der Waals surface area contributed by atoms with Crippen LogP contribution in [0.1, 0.15) is 25.7 Å². The molecule has 6 heteroatoms. The summed E-state index contributed by atoms with van der Waals surface area (Å²) in [5.74, 6) is -0.818. The van der Waals surface area contributed by atoms with Gasteiger partial charge >= 0.3 is 12.0 Å². The predicted molar refractivity (Wildman–Crippen MR) is 77.0 cm³/mol. The fraction of sp³-hybridized carbons (Fsp3) is 0.429. The normalized spacial score (nSPS) is 16.1. The van der Waals surface area contributed by atoms with E-state index in [1.54, 1.807) is 24.3 Å². The number of aliphatic carboxylic acids is 1. The summed E-state index contributed by atoms with van der Waals surface area (Å²) in [5, 5.41) is 14.9. The minimum absolute atomic E-state index is 0.102. The molecular weight excluding hydrogens is 280 g/mol. The zero-order chi connectivity index (χ0) is 14.6. The monoisotopic (exact) mass is 296 g/mol. The van der Waals surface area contributed by atoms with Gasteiger partial charge in [-0.1, -0.05) is 24.1 Å². The third-order valence-corrected chi connectivity index (χ3v) is 3.88. The van der Waals surface area contributed by atoms with Gasteiger partial charge in [-0.2, -0.15) is 0 Å². The van der Waals surface area contributed by atoms with Crippen molar-refractivity contribution in [3.63, 3.8) is 0 Å². The van der Waals surface area contributed by atoms with Crippen molar-refractivity contribution >= 4 is 29.3 Å². The van der Waals surface area contributed by atoms with Gasteiger partial charge in [0.1, 0.15) is 0 Å². The Balaban J connectivity index is 1.84. The largest absolute Gasteiger partial charge is 0.481 e. The summed E-state index contributed by atoms with van der Waals surface area (Å²) in [5.41, 5.74) is 0.327. The van der Waals surface area contributed by atoms with Gasteiger partial charge in [-0.3, -0.25) is 4.79 Å². The SMILES string of the molecule is O=C(O)CC1(CNC(=O)Nc2cccc(Cl)c2)CCC1. The fourth-order valence-electron chi connectivity index (χ4n) is 2.42. The number of hydrogen-bond donors (Lipinski definition) is 3. The van der Waals surface area contributed by atoms with E-state index in [0.717, 1.165) is 19.3 Å². The molecule has 20 heavy (non-hydrogen) atoms. The smallest absolute Gasteiger partial charge is 0.319 e. The number of rotatable bonds is 5. The summed E-state index contributed by atoms with van der Waals surface area (Å²) in [6.45, 7) is 0.381. The first-order valence-corrected chi connectivity index (χ1v) is 6.89. The first-order chi connectivity index (χ1) is 9.49. The Morgan fingerprint density at radius 3 is 2.65 bits per heavy atom. The van der Waals surface area contributed by atoms with Crippen molar-refractivity contribution in [2.24, 2.45) is 5.41 Å². The first-order valence-electron chi connectivity index (χ1n) is 6.51. The van der Waals surface area contributed by atoms with Crippen LogP contribution in [0.15, 0.2) is 24.3 Å². The number of amides is 2. The molecule has 1 aliphatic rings. The van der Waals surface area contributed by atoms with Crippen molar-refractivity contribution in [3.05, 3.63) is 29.3 Å². The van der Waals surface area contributed by atoms with Gasteiger partial charge in [-0.25, -0.2) is 4.79 Å². The van der Waals surface area contributed by atoms with E-state index < -0.39 is 5.97 Å². The van der Waals surface area contributed by atoms with Crippen LogP contribution in [0, 0.1) is 5.41 Å². The molecular formula is C14H17ClN2O3. The molecule has 0 radical (unpaired) electrons. The van der Waals surface area contributed by atoms with Crippen molar-refractivity contribution in [2.45, 2.75) is 25.7 Å². The Bertz CT molecular complexity index is 515. The molecule has 0 saturated heterocycles. The first kappa shape index (κ1) is 14.7. The van der Waals surface area contributed by atoms with Crippen LogP contribution in [0.4, 0.5) is 10.5 Å². The number of carbonyl (C=O) groups is 2. The lowest BCUT2D eigenvalue weighted by atomic mass is 9.66. The quantitative estimate of drug-likeness (QED) is 0.781. The molecule has 0 unspecified atom stereocenters. The molecule has 2 amide bonds. The van der Waals surface area contributed by atoms with E-state index in [2.05, 4.69) is 10.6 Å². The van der Waals surface area contributed by atoms with Crippen LogP contribution in [0.5, 0.6) is 0 Å². The number of nitrogens with one attached hydrogen (secondary N) is 2. The third kappa shape index (κ3) is 3.87. The van der Waals surface area contributed by atoms with Gasteiger partial charge in [0.2, 0.25) is 0 Å². The molecule has 2 rings (SSSR count). The Morgan fingerprint density at radius 1 is 1.35 bits per heavy atom. The van der Waals surface area contributed by atoms with Gasteiger partial charge in [-0.05, 0) is 36.5 Å². The predicted octanol–water partition coefficient (Wildman–Crippen LogP) is 3.11. The molecule has 1 saturated carbocycles. The summed E-state index contributed by atoms with van der Waals surface area (Å²) < 4.78 is 0. The van der Waals surface area contributed by atoms with Gasteiger partial charge < -0.3 is 15.7 Å². The Kier molecular flexibility index (Phi) is 4.49. The van der Waals surface area contributed by atoms with E-state index in [9.17, 15) is 9.59 Å². The maximum Gasteiger partial charge on any atom is 0.319 e. The molecule has 1 aromatic carbocycles. The van der Waals surface area contributed by atoms with Crippen LogP contribution in [-0.2, 0) is 4.79 Å². The molecule has 1 fully saturated rings. The molecule has 108 valence electrons. The summed E-state index contributed by atoms with van der Waals surface area (Å²) in [7, 11) is 0. The number of carbonyl (C=O) groups excluding carboxylic acids is 1. The topological polar surface area (TPSA) is 78.4 Å². The van der Waals surface area contributed by atoms with Crippen LogP contribution in [0.3, 0.4) is 0 Å². The molecule has 0 heterocycles. The average Bonchev–Trinajstić information content (AvgIpc) is 2.32. The number of benzene rings is 1. The molecule has 1 aliphatic carbocycles. The number of carboxylic acids is 1. The van der Waals surface area contributed by atoms with Crippen LogP contribution in [-0.4, -0.2) is 23.7 Å². The van der Waals surface area contributed by atoms with Gasteiger partial charge in [0, 0.05) is 17.3 Å². The van der Waals surface area contributed by atoms with Crippen molar-refractivity contribution in [1.82, 2.24) is 5.32 Å². The second-order valence-electron chi connectivity index (χ2n) is 5.24. The van der Waals surface area contributed by atoms with E-state index >= 15 is 0 Å². The van der Waals surface area contributed by atoms with Crippen molar-refractivity contribution in [2.75, 3.05) is 11.9 Å². The van der Waals surface area contributed by atoms with E-state index in [1.165, 1.54) is 0 Å². The molecule has 0 bridgehead atoms. The summed E-state index contributed by atoms with van der Waals surface area (Å²) >= 11 is 5.83. The maximum atomic E-state index is 11.8. The summed E-state index contributed by atoms with van der Waals surface area (Å²) in [6.07, 6.45) is 2.81. The summed E-state index contributed by atoms with van der Waals surface area (Å²) in [4.78, 5) is 22.6. The van der Waals surface area contributed by atoms with E-state index in [4.69, 9.17) is 16.7 Å². The number of anilines is 1. The number of urea groups is 1. The molecule has 0 aliphatic heterocycles. The number of carboxylic acid groups (broad SMARTS) is 1. The highest BCUT2D eigenvalue weighted by Crippen LogP contribution is 2.43. The number of hydrogen-bond acceptors (Lipinski definition) is 2. The fourth-order valence-corrected chi connectivity index (χ4v) is 2.61. The summed E-state index contributed by atoms with van der Waals surface area (Å²) in [6, 6.07) is 6.51. The molecule has 1 aromatic rings.